The lowest BCUT2D eigenvalue weighted by molar-refractivity contribution is 0.520. The Labute approximate surface area is 173 Å². The van der Waals surface area contributed by atoms with Gasteiger partial charge in [-0.1, -0.05) is 30.3 Å². The molecule has 30 heavy (non-hydrogen) atoms. The topological polar surface area (TPSA) is 109 Å². The molecule has 0 saturated heterocycles. The predicted octanol–water partition coefficient (Wildman–Crippen LogP) is 3.38. The number of nitrogens with zero attached hydrogens (tertiary/aromatic N) is 1. The zero-order valence-electron chi connectivity index (χ0n) is 16.7. The summed E-state index contributed by atoms with van der Waals surface area (Å²) >= 11 is 0. The third kappa shape index (κ3) is 3.51. The molecule has 1 aromatic heterocycles. The van der Waals surface area contributed by atoms with Gasteiger partial charge in [-0.15, -0.1) is 0 Å². The SMILES string of the molecule is CC(C)(Cc1ccccc1)Nc1c(C(N)c2cc3cc(C#N)ccc3o2)c(=O)c1=O. The van der Waals surface area contributed by atoms with Crippen molar-refractivity contribution < 1.29 is 4.42 Å². The summed E-state index contributed by atoms with van der Waals surface area (Å²) in [6, 6.07) is 17.8. The molecule has 0 amide bonds. The van der Waals surface area contributed by atoms with E-state index in [1.807, 2.05) is 44.2 Å². The van der Waals surface area contributed by atoms with Gasteiger partial charge in [0.25, 0.3) is 0 Å². The van der Waals surface area contributed by atoms with Crippen LogP contribution < -0.4 is 21.9 Å². The molecule has 0 aliphatic rings. The second-order valence-corrected chi connectivity index (χ2v) is 8.11. The van der Waals surface area contributed by atoms with Crippen molar-refractivity contribution in [2.75, 3.05) is 5.32 Å². The second-order valence-electron chi connectivity index (χ2n) is 8.11. The smallest absolute Gasteiger partial charge is 0.249 e. The molecule has 4 aromatic rings. The minimum Gasteiger partial charge on any atom is -0.459 e. The van der Waals surface area contributed by atoms with Gasteiger partial charge in [-0.05, 0) is 50.1 Å². The summed E-state index contributed by atoms with van der Waals surface area (Å²) in [7, 11) is 0. The maximum Gasteiger partial charge on any atom is 0.249 e. The number of rotatable bonds is 6. The van der Waals surface area contributed by atoms with Crippen molar-refractivity contribution in [2.24, 2.45) is 5.73 Å². The first-order chi connectivity index (χ1) is 14.3. The van der Waals surface area contributed by atoms with Crippen LogP contribution in [0.5, 0.6) is 0 Å². The van der Waals surface area contributed by atoms with Gasteiger partial charge in [0.2, 0.25) is 10.9 Å². The highest BCUT2D eigenvalue weighted by molar-refractivity contribution is 5.80. The highest BCUT2D eigenvalue weighted by Gasteiger charge is 2.32. The van der Waals surface area contributed by atoms with Gasteiger partial charge in [-0.3, -0.25) is 9.59 Å². The Kier molecular flexibility index (Phi) is 4.76. The molecule has 1 heterocycles. The van der Waals surface area contributed by atoms with E-state index < -0.39 is 22.4 Å². The molecule has 0 fully saturated rings. The van der Waals surface area contributed by atoms with Crippen LogP contribution in [0.1, 0.15) is 42.3 Å². The lowest BCUT2D eigenvalue weighted by Crippen LogP contribution is -2.46. The summed E-state index contributed by atoms with van der Waals surface area (Å²) in [5.74, 6) is 0.371. The van der Waals surface area contributed by atoms with Crippen LogP contribution in [0.25, 0.3) is 11.0 Å². The van der Waals surface area contributed by atoms with Gasteiger partial charge in [0, 0.05) is 10.9 Å². The summed E-state index contributed by atoms with van der Waals surface area (Å²) in [4.78, 5) is 24.6. The van der Waals surface area contributed by atoms with E-state index in [4.69, 9.17) is 15.4 Å². The van der Waals surface area contributed by atoms with Gasteiger partial charge in [0.1, 0.15) is 11.3 Å². The van der Waals surface area contributed by atoms with Gasteiger partial charge in [-0.25, -0.2) is 0 Å². The maximum absolute atomic E-state index is 12.3. The van der Waals surface area contributed by atoms with E-state index in [0.29, 0.717) is 23.3 Å². The highest BCUT2D eigenvalue weighted by Crippen LogP contribution is 2.30. The van der Waals surface area contributed by atoms with Crippen LogP contribution >= 0.6 is 0 Å². The maximum atomic E-state index is 12.3. The molecule has 1 atom stereocenters. The van der Waals surface area contributed by atoms with E-state index in [0.717, 1.165) is 10.9 Å². The van der Waals surface area contributed by atoms with Crippen molar-refractivity contribution in [3.05, 3.63) is 97.5 Å². The summed E-state index contributed by atoms with van der Waals surface area (Å²) < 4.78 is 5.78. The van der Waals surface area contributed by atoms with Crippen molar-refractivity contribution in [2.45, 2.75) is 31.8 Å². The molecule has 0 radical (unpaired) electrons. The number of fused-ring (bicyclic) bond motifs is 1. The molecule has 4 rings (SSSR count). The average Bonchev–Trinajstić information content (AvgIpc) is 3.16. The fourth-order valence-corrected chi connectivity index (χ4v) is 3.75. The molecule has 150 valence electrons. The van der Waals surface area contributed by atoms with Gasteiger partial charge in [0.15, 0.2) is 0 Å². The van der Waals surface area contributed by atoms with E-state index in [9.17, 15) is 9.59 Å². The van der Waals surface area contributed by atoms with Crippen LogP contribution in [0, 0.1) is 11.3 Å². The summed E-state index contributed by atoms with van der Waals surface area (Å²) in [5, 5.41) is 13.0. The fraction of sp³-hybridized carbons (Fsp3) is 0.208. The molecule has 0 aliphatic heterocycles. The van der Waals surface area contributed by atoms with Crippen molar-refractivity contribution in [1.29, 1.82) is 5.26 Å². The number of hydrogen-bond acceptors (Lipinski definition) is 6. The van der Waals surface area contributed by atoms with Crippen molar-refractivity contribution in [1.82, 2.24) is 0 Å². The van der Waals surface area contributed by atoms with E-state index in [2.05, 4.69) is 11.4 Å². The minimum atomic E-state index is -0.872. The third-order valence-electron chi connectivity index (χ3n) is 5.18. The summed E-state index contributed by atoms with van der Waals surface area (Å²) in [6.45, 7) is 3.94. The van der Waals surface area contributed by atoms with Crippen molar-refractivity contribution in [3.63, 3.8) is 0 Å². The van der Waals surface area contributed by atoms with Crippen LogP contribution in [0.4, 0.5) is 5.69 Å². The molecule has 3 aromatic carbocycles. The van der Waals surface area contributed by atoms with Crippen LogP contribution in [-0.4, -0.2) is 5.54 Å². The zero-order chi connectivity index (χ0) is 21.5. The standard InChI is InChI=1S/C24H21N3O3/c1-24(2,12-14-6-4-3-5-7-14)27-21-19(22(28)23(21)29)20(26)18-11-16-10-15(13-25)8-9-17(16)30-18/h3-11,20,27H,12,26H2,1-2H3. The normalized spacial score (nSPS) is 12.7. The third-order valence-corrected chi connectivity index (χ3v) is 5.18. The van der Waals surface area contributed by atoms with Gasteiger partial charge >= 0.3 is 0 Å². The highest BCUT2D eigenvalue weighted by atomic mass is 16.3. The molecule has 6 heteroatoms. The molecule has 1 unspecified atom stereocenters. The van der Waals surface area contributed by atoms with Crippen LogP contribution in [0.2, 0.25) is 0 Å². The van der Waals surface area contributed by atoms with Gasteiger partial charge < -0.3 is 15.5 Å². The molecular formula is C24H21N3O3. The van der Waals surface area contributed by atoms with Crippen molar-refractivity contribution >= 4 is 16.7 Å². The number of nitrogens with one attached hydrogen (secondary N) is 1. The second kappa shape index (κ2) is 7.29. The summed E-state index contributed by atoms with van der Waals surface area (Å²) in [6.07, 6.45) is 0.670. The Hall–Kier alpha value is -3.69. The average molecular weight is 399 g/mol. The predicted molar refractivity (Wildman–Crippen MR) is 116 cm³/mol. The lowest BCUT2D eigenvalue weighted by atomic mass is 9.91. The monoisotopic (exact) mass is 399 g/mol. The molecular weight excluding hydrogens is 378 g/mol. The van der Waals surface area contributed by atoms with Crippen molar-refractivity contribution in [3.8, 4) is 6.07 Å². The van der Waals surface area contributed by atoms with E-state index in [-0.39, 0.29) is 11.3 Å². The molecule has 0 spiro atoms. The number of hydrogen-bond donors (Lipinski definition) is 2. The molecule has 3 N–H and O–H groups in total. The Bertz CT molecular complexity index is 1340. The quantitative estimate of drug-likeness (QED) is 0.481. The fourth-order valence-electron chi connectivity index (χ4n) is 3.75. The number of nitrogens with two attached hydrogens (primary N) is 1. The molecule has 0 saturated carbocycles. The lowest BCUT2D eigenvalue weighted by Gasteiger charge is -2.30. The number of furan rings is 1. The van der Waals surface area contributed by atoms with Crippen LogP contribution in [-0.2, 0) is 6.42 Å². The van der Waals surface area contributed by atoms with E-state index in [1.165, 1.54) is 0 Å². The molecule has 6 nitrogen and oxygen atoms in total. The Morgan fingerprint density at radius 2 is 1.83 bits per heavy atom. The molecule has 0 bridgehead atoms. The minimum absolute atomic E-state index is 0.223. The Balaban J connectivity index is 1.63. The van der Waals surface area contributed by atoms with Crippen LogP contribution in [0.15, 0.2) is 68.6 Å². The van der Waals surface area contributed by atoms with Crippen LogP contribution in [0.3, 0.4) is 0 Å². The largest absolute Gasteiger partial charge is 0.459 e. The first-order valence-corrected chi connectivity index (χ1v) is 9.63. The van der Waals surface area contributed by atoms with E-state index >= 15 is 0 Å². The zero-order valence-corrected chi connectivity index (χ0v) is 16.7. The molecule has 0 aliphatic carbocycles. The van der Waals surface area contributed by atoms with Gasteiger partial charge in [-0.2, -0.15) is 5.26 Å². The number of anilines is 1. The van der Waals surface area contributed by atoms with Gasteiger partial charge in [0.05, 0.1) is 28.9 Å². The Morgan fingerprint density at radius 3 is 2.53 bits per heavy atom. The first kappa shape index (κ1) is 19.6. The Morgan fingerprint density at radius 1 is 1.10 bits per heavy atom. The van der Waals surface area contributed by atoms with E-state index in [1.54, 1.807) is 24.3 Å². The first-order valence-electron chi connectivity index (χ1n) is 9.63. The summed E-state index contributed by atoms with van der Waals surface area (Å²) in [5.41, 5.74) is 7.34. The number of benzene rings is 2. The number of nitriles is 1.